The molecular formula is C20H22N4O4S2. The third-order valence-corrected chi connectivity index (χ3v) is 7.31. The van der Waals surface area contributed by atoms with Crippen LogP contribution >= 0.6 is 11.8 Å². The second-order valence-corrected chi connectivity index (χ2v) is 9.16. The molecule has 158 valence electrons. The maximum atomic E-state index is 12.5. The van der Waals surface area contributed by atoms with Crippen LogP contribution < -0.4 is 5.32 Å². The Morgan fingerprint density at radius 2 is 1.70 bits per heavy atom. The Bertz CT molecular complexity index is 1080. The minimum atomic E-state index is -3.57. The Labute approximate surface area is 179 Å². The fraction of sp³-hybridized carbons (Fsp3) is 0.250. The van der Waals surface area contributed by atoms with E-state index in [1.807, 2.05) is 30.3 Å². The average molecular weight is 447 g/mol. The van der Waals surface area contributed by atoms with Gasteiger partial charge >= 0.3 is 6.01 Å². The van der Waals surface area contributed by atoms with Crippen molar-refractivity contribution >= 4 is 33.7 Å². The number of carbonyl (C=O) groups excluding carboxylic acids is 1. The van der Waals surface area contributed by atoms with E-state index in [9.17, 15) is 13.2 Å². The van der Waals surface area contributed by atoms with Gasteiger partial charge in [0.15, 0.2) is 0 Å². The Kier molecular flexibility index (Phi) is 7.24. The molecule has 0 spiro atoms. The summed E-state index contributed by atoms with van der Waals surface area (Å²) in [5, 5.41) is 10.3. The lowest BCUT2D eigenvalue weighted by molar-refractivity contribution is 0.102. The summed E-state index contributed by atoms with van der Waals surface area (Å²) in [4.78, 5) is 13.6. The number of nitrogens with one attached hydrogen (secondary N) is 1. The molecule has 10 heteroatoms. The number of thioether (sulfide) groups is 1. The number of benzene rings is 2. The molecular weight excluding hydrogens is 424 g/mol. The predicted molar refractivity (Wildman–Crippen MR) is 115 cm³/mol. The average Bonchev–Trinajstić information content (AvgIpc) is 3.21. The molecule has 30 heavy (non-hydrogen) atoms. The molecule has 3 rings (SSSR count). The number of nitrogens with zero attached hydrogens (tertiary/aromatic N) is 3. The van der Waals surface area contributed by atoms with E-state index in [2.05, 4.69) is 15.5 Å². The number of sulfonamides is 1. The number of rotatable bonds is 9. The van der Waals surface area contributed by atoms with Crippen LogP contribution in [0.4, 0.5) is 6.01 Å². The maximum Gasteiger partial charge on any atom is 0.322 e. The summed E-state index contributed by atoms with van der Waals surface area (Å²) in [6.07, 6.45) is 0. The van der Waals surface area contributed by atoms with Crippen molar-refractivity contribution in [2.24, 2.45) is 0 Å². The summed E-state index contributed by atoms with van der Waals surface area (Å²) in [5.41, 5.74) is 0.284. The Hall–Kier alpha value is -2.69. The third kappa shape index (κ3) is 5.26. The molecule has 1 N–H and O–H groups in total. The summed E-state index contributed by atoms with van der Waals surface area (Å²) in [7, 11) is -3.57. The minimum absolute atomic E-state index is 0.0106. The molecule has 8 nitrogen and oxygen atoms in total. The Balaban J connectivity index is 1.62. The largest absolute Gasteiger partial charge is 0.407 e. The number of carbonyl (C=O) groups is 1. The fourth-order valence-corrected chi connectivity index (χ4v) is 4.90. The highest BCUT2D eigenvalue weighted by atomic mass is 32.2. The fourth-order valence-electron chi connectivity index (χ4n) is 2.68. The molecule has 3 aromatic rings. The lowest BCUT2D eigenvalue weighted by atomic mass is 10.2. The molecule has 0 aliphatic heterocycles. The van der Waals surface area contributed by atoms with Gasteiger partial charge in [-0.2, -0.15) is 4.31 Å². The number of anilines is 1. The summed E-state index contributed by atoms with van der Waals surface area (Å²) < 4.78 is 31.9. The van der Waals surface area contributed by atoms with Crippen molar-refractivity contribution in [3.05, 3.63) is 66.1 Å². The molecule has 0 bridgehead atoms. The number of amides is 1. The Morgan fingerprint density at radius 1 is 1.03 bits per heavy atom. The first-order chi connectivity index (χ1) is 14.4. The maximum absolute atomic E-state index is 12.5. The standard InChI is InChI=1S/C20H22N4O4S2/c1-3-24(4-2)30(26,27)17-12-10-15(11-13-17)19(25)21-20-23-22-18(28-20)14-29-16-8-6-5-7-9-16/h5-13H,3-4,14H2,1-2H3,(H,21,23,25). The van der Waals surface area contributed by atoms with Crippen molar-refractivity contribution in [2.45, 2.75) is 29.4 Å². The zero-order chi connectivity index (χ0) is 21.6. The monoisotopic (exact) mass is 446 g/mol. The lowest BCUT2D eigenvalue weighted by Crippen LogP contribution is -2.30. The van der Waals surface area contributed by atoms with Crippen molar-refractivity contribution in [3.63, 3.8) is 0 Å². The van der Waals surface area contributed by atoms with Crippen LogP contribution in [0.1, 0.15) is 30.1 Å². The molecule has 0 saturated carbocycles. The van der Waals surface area contributed by atoms with E-state index in [0.29, 0.717) is 24.7 Å². The van der Waals surface area contributed by atoms with Crippen LogP contribution in [-0.4, -0.2) is 41.9 Å². The predicted octanol–water partition coefficient (Wildman–Crippen LogP) is 3.64. The van der Waals surface area contributed by atoms with Gasteiger partial charge in [0.2, 0.25) is 15.9 Å². The zero-order valence-corrected chi connectivity index (χ0v) is 18.2. The molecule has 1 amide bonds. The van der Waals surface area contributed by atoms with E-state index in [1.54, 1.807) is 25.6 Å². The van der Waals surface area contributed by atoms with Gasteiger partial charge in [0.25, 0.3) is 5.91 Å². The molecule has 0 aliphatic carbocycles. The van der Waals surface area contributed by atoms with Crippen LogP contribution in [0, 0.1) is 0 Å². The molecule has 0 saturated heterocycles. The first-order valence-electron chi connectivity index (χ1n) is 9.35. The van der Waals surface area contributed by atoms with E-state index in [4.69, 9.17) is 4.42 Å². The molecule has 0 atom stereocenters. The smallest absolute Gasteiger partial charge is 0.322 e. The van der Waals surface area contributed by atoms with Crippen LogP contribution in [0.15, 0.2) is 68.8 Å². The molecule has 2 aromatic carbocycles. The van der Waals surface area contributed by atoms with E-state index < -0.39 is 15.9 Å². The molecule has 1 aromatic heterocycles. The summed E-state index contributed by atoms with van der Waals surface area (Å²) in [5.74, 6) is 0.401. The Morgan fingerprint density at radius 3 is 2.33 bits per heavy atom. The first kappa shape index (κ1) is 22.0. The second kappa shape index (κ2) is 9.88. The SMILES string of the molecule is CCN(CC)S(=O)(=O)c1ccc(C(=O)Nc2nnc(CSc3ccccc3)o2)cc1. The van der Waals surface area contributed by atoms with Gasteiger partial charge in [0.1, 0.15) is 0 Å². The van der Waals surface area contributed by atoms with Crippen molar-refractivity contribution < 1.29 is 17.6 Å². The summed E-state index contributed by atoms with van der Waals surface area (Å²) in [6, 6.07) is 15.5. The van der Waals surface area contributed by atoms with Crippen LogP contribution in [0.2, 0.25) is 0 Å². The van der Waals surface area contributed by atoms with Gasteiger partial charge in [-0.3, -0.25) is 10.1 Å². The van der Waals surface area contributed by atoms with Gasteiger partial charge in [-0.25, -0.2) is 8.42 Å². The highest BCUT2D eigenvalue weighted by molar-refractivity contribution is 7.98. The van der Waals surface area contributed by atoms with Crippen molar-refractivity contribution in [1.29, 1.82) is 0 Å². The van der Waals surface area contributed by atoms with E-state index in [1.165, 1.54) is 28.6 Å². The number of aromatic nitrogens is 2. The van der Waals surface area contributed by atoms with Crippen molar-refractivity contribution in [3.8, 4) is 0 Å². The molecule has 0 unspecified atom stereocenters. The van der Waals surface area contributed by atoms with Gasteiger partial charge in [0, 0.05) is 23.5 Å². The molecule has 0 fully saturated rings. The summed E-state index contributed by atoms with van der Waals surface area (Å²) >= 11 is 1.54. The normalized spacial score (nSPS) is 11.6. The minimum Gasteiger partial charge on any atom is -0.407 e. The molecule has 0 radical (unpaired) electrons. The lowest BCUT2D eigenvalue weighted by Gasteiger charge is -2.18. The van der Waals surface area contributed by atoms with Gasteiger partial charge in [-0.05, 0) is 36.4 Å². The number of hydrogen-bond donors (Lipinski definition) is 1. The highest BCUT2D eigenvalue weighted by Gasteiger charge is 2.22. The van der Waals surface area contributed by atoms with Gasteiger partial charge in [0.05, 0.1) is 10.6 Å². The van der Waals surface area contributed by atoms with Crippen LogP contribution in [-0.2, 0) is 15.8 Å². The van der Waals surface area contributed by atoms with Crippen LogP contribution in [0.3, 0.4) is 0 Å². The van der Waals surface area contributed by atoms with E-state index in [-0.39, 0.29) is 16.5 Å². The van der Waals surface area contributed by atoms with Crippen molar-refractivity contribution in [2.75, 3.05) is 18.4 Å². The third-order valence-electron chi connectivity index (χ3n) is 4.25. The number of hydrogen-bond acceptors (Lipinski definition) is 7. The zero-order valence-electron chi connectivity index (χ0n) is 16.6. The van der Waals surface area contributed by atoms with E-state index >= 15 is 0 Å². The summed E-state index contributed by atoms with van der Waals surface area (Å²) in [6.45, 7) is 4.31. The van der Waals surface area contributed by atoms with Gasteiger partial charge in [-0.1, -0.05) is 37.1 Å². The second-order valence-electron chi connectivity index (χ2n) is 6.17. The topological polar surface area (TPSA) is 105 Å². The van der Waals surface area contributed by atoms with Crippen LogP contribution in [0.5, 0.6) is 0 Å². The highest BCUT2D eigenvalue weighted by Crippen LogP contribution is 2.22. The van der Waals surface area contributed by atoms with E-state index in [0.717, 1.165) is 4.90 Å². The molecule has 1 heterocycles. The first-order valence-corrected chi connectivity index (χ1v) is 11.8. The molecule has 0 aliphatic rings. The van der Waals surface area contributed by atoms with Crippen LogP contribution in [0.25, 0.3) is 0 Å². The quantitative estimate of drug-likeness (QED) is 0.500. The van der Waals surface area contributed by atoms with Gasteiger partial charge in [-0.15, -0.1) is 16.9 Å². The van der Waals surface area contributed by atoms with Crippen molar-refractivity contribution in [1.82, 2.24) is 14.5 Å². The van der Waals surface area contributed by atoms with Gasteiger partial charge < -0.3 is 4.42 Å².